The number of nitrogens with one attached hydrogen (secondary N) is 2. The first kappa shape index (κ1) is 14.1. The van der Waals surface area contributed by atoms with Crippen molar-refractivity contribution in [2.45, 2.75) is 27.7 Å². The van der Waals surface area contributed by atoms with E-state index in [4.69, 9.17) is 0 Å². The van der Waals surface area contributed by atoms with Crippen LogP contribution in [0.4, 0.5) is 16.2 Å². The molecule has 0 aliphatic rings. The van der Waals surface area contributed by atoms with Crippen molar-refractivity contribution >= 4 is 17.4 Å². The molecule has 2 aromatic rings. The highest BCUT2D eigenvalue weighted by Gasteiger charge is 2.06. The summed E-state index contributed by atoms with van der Waals surface area (Å²) in [6, 6.07) is 11.8. The van der Waals surface area contributed by atoms with Gasteiger partial charge >= 0.3 is 6.03 Å². The van der Waals surface area contributed by atoms with E-state index < -0.39 is 0 Å². The van der Waals surface area contributed by atoms with Crippen LogP contribution in [0.2, 0.25) is 0 Å². The smallest absolute Gasteiger partial charge is 0.308 e. The second kappa shape index (κ2) is 5.78. The Hall–Kier alpha value is -2.29. The Kier molecular flexibility index (Phi) is 4.08. The van der Waals surface area contributed by atoms with Crippen molar-refractivity contribution in [2.75, 3.05) is 10.6 Å². The molecule has 0 unspecified atom stereocenters. The van der Waals surface area contributed by atoms with Crippen LogP contribution in [-0.4, -0.2) is 6.03 Å². The third-order valence-electron chi connectivity index (χ3n) is 3.12. The minimum Gasteiger partial charge on any atom is -0.308 e. The van der Waals surface area contributed by atoms with Crippen molar-refractivity contribution in [3.8, 4) is 0 Å². The summed E-state index contributed by atoms with van der Waals surface area (Å²) >= 11 is 0. The molecular formula is C17H20N2O. The fraction of sp³-hybridized carbons (Fsp3) is 0.235. The Bertz CT molecular complexity index is 627. The molecule has 0 aromatic heterocycles. The van der Waals surface area contributed by atoms with Gasteiger partial charge in [-0.2, -0.15) is 0 Å². The molecule has 0 bridgehead atoms. The Labute approximate surface area is 120 Å². The van der Waals surface area contributed by atoms with Gasteiger partial charge in [-0.15, -0.1) is 0 Å². The number of hydrogen-bond donors (Lipinski definition) is 2. The van der Waals surface area contributed by atoms with Crippen molar-refractivity contribution in [3.05, 3.63) is 58.7 Å². The molecule has 2 amide bonds. The molecule has 3 nitrogen and oxygen atoms in total. The standard InChI is InChI=1S/C17H20N2O/c1-11-5-6-14(4)16(10-11)19-17(20)18-15-8-12(2)7-13(3)9-15/h5-10H,1-4H3,(H2,18,19,20). The molecule has 0 atom stereocenters. The van der Waals surface area contributed by atoms with Gasteiger partial charge in [0, 0.05) is 11.4 Å². The maximum Gasteiger partial charge on any atom is 0.323 e. The second-order valence-electron chi connectivity index (χ2n) is 5.27. The summed E-state index contributed by atoms with van der Waals surface area (Å²) in [7, 11) is 0. The molecule has 0 saturated heterocycles. The van der Waals surface area contributed by atoms with Crippen LogP contribution >= 0.6 is 0 Å². The van der Waals surface area contributed by atoms with Crippen molar-refractivity contribution in [2.24, 2.45) is 0 Å². The highest BCUT2D eigenvalue weighted by Crippen LogP contribution is 2.18. The molecule has 2 N–H and O–H groups in total. The number of carbonyl (C=O) groups excluding carboxylic acids is 1. The number of benzene rings is 2. The number of urea groups is 1. The van der Waals surface area contributed by atoms with E-state index in [0.717, 1.165) is 33.6 Å². The van der Waals surface area contributed by atoms with Gasteiger partial charge in [-0.3, -0.25) is 0 Å². The molecule has 20 heavy (non-hydrogen) atoms. The van der Waals surface area contributed by atoms with Gasteiger partial charge in [0.1, 0.15) is 0 Å². The maximum atomic E-state index is 12.0. The summed E-state index contributed by atoms with van der Waals surface area (Å²) in [5.74, 6) is 0. The van der Waals surface area contributed by atoms with E-state index in [9.17, 15) is 4.79 Å². The van der Waals surface area contributed by atoms with Crippen molar-refractivity contribution in [1.29, 1.82) is 0 Å². The summed E-state index contributed by atoms with van der Waals surface area (Å²) in [5, 5.41) is 5.76. The molecule has 3 heteroatoms. The monoisotopic (exact) mass is 268 g/mol. The first-order valence-electron chi connectivity index (χ1n) is 6.67. The number of anilines is 2. The van der Waals surface area contributed by atoms with E-state index >= 15 is 0 Å². The zero-order valence-corrected chi connectivity index (χ0v) is 12.4. The van der Waals surface area contributed by atoms with E-state index in [1.165, 1.54) is 0 Å². The Morgan fingerprint density at radius 3 is 2.10 bits per heavy atom. The summed E-state index contributed by atoms with van der Waals surface area (Å²) < 4.78 is 0. The summed E-state index contributed by atoms with van der Waals surface area (Å²) in [6.07, 6.45) is 0. The number of carbonyl (C=O) groups is 1. The predicted octanol–water partition coefficient (Wildman–Crippen LogP) is 4.56. The zero-order chi connectivity index (χ0) is 14.7. The van der Waals surface area contributed by atoms with Gasteiger partial charge in [0.2, 0.25) is 0 Å². The van der Waals surface area contributed by atoms with Gasteiger partial charge in [-0.1, -0.05) is 18.2 Å². The van der Waals surface area contributed by atoms with Crippen LogP contribution in [0, 0.1) is 27.7 Å². The molecule has 0 radical (unpaired) electrons. The van der Waals surface area contributed by atoms with Crippen LogP contribution in [0.3, 0.4) is 0 Å². The minimum absolute atomic E-state index is 0.219. The van der Waals surface area contributed by atoms with E-state index in [1.807, 2.05) is 58.0 Å². The van der Waals surface area contributed by atoms with Gasteiger partial charge < -0.3 is 10.6 Å². The third kappa shape index (κ3) is 3.60. The van der Waals surface area contributed by atoms with Crippen LogP contribution in [0.15, 0.2) is 36.4 Å². The van der Waals surface area contributed by atoms with E-state index in [2.05, 4.69) is 16.7 Å². The van der Waals surface area contributed by atoms with Gasteiger partial charge in [-0.05, 0) is 68.1 Å². The van der Waals surface area contributed by atoms with Gasteiger partial charge in [-0.25, -0.2) is 4.79 Å². The topological polar surface area (TPSA) is 41.1 Å². The maximum absolute atomic E-state index is 12.0. The SMILES string of the molecule is Cc1cc(C)cc(NC(=O)Nc2cc(C)ccc2C)c1. The number of aryl methyl sites for hydroxylation is 4. The van der Waals surface area contributed by atoms with Crippen molar-refractivity contribution < 1.29 is 4.79 Å². The Morgan fingerprint density at radius 1 is 0.800 bits per heavy atom. The number of hydrogen-bond acceptors (Lipinski definition) is 1. The number of rotatable bonds is 2. The first-order chi connectivity index (χ1) is 9.44. The lowest BCUT2D eigenvalue weighted by Gasteiger charge is -2.11. The van der Waals surface area contributed by atoms with Crippen LogP contribution in [0.25, 0.3) is 0 Å². The molecular weight excluding hydrogens is 248 g/mol. The molecule has 0 spiro atoms. The summed E-state index contributed by atoms with van der Waals surface area (Å²) in [5.41, 5.74) is 6.08. The van der Waals surface area contributed by atoms with Crippen LogP contribution < -0.4 is 10.6 Å². The molecule has 0 aliphatic carbocycles. The fourth-order valence-corrected chi connectivity index (χ4v) is 2.20. The van der Waals surface area contributed by atoms with Gasteiger partial charge in [0.15, 0.2) is 0 Å². The number of amides is 2. The van der Waals surface area contributed by atoms with Gasteiger partial charge in [0.25, 0.3) is 0 Å². The lowest BCUT2D eigenvalue weighted by atomic mass is 10.1. The average molecular weight is 268 g/mol. The molecule has 2 aromatic carbocycles. The largest absolute Gasteiger partial charge is 0.323 e. The molecule has 0 saturated carbocycles. The Balaban J connectivity index is 2.11. The minimum atomic E-state index is -0.219. The zero-order valence-electron chi connectivity index (χ0n) is 12.4. The lowest BCUT2D eigenvalue weighted by molar-refractivity contribution is 0.262. The van der Waals surface area contributed by atoms with Crippen molar-refractivity contribution in [3.63, 3.8) is 0 Å². The summed E-state index contributed by atoms with van der Waals surface area (Å²) in [4.78, 5) is 12.0. The van der Waals surface area contributed by atoms with Crippen molar-refractivity contribution in [1.82, 2.24) is 0 Å². The molecule has 0 aliphatic heterocycles. The van der Waals surface area contributed by atoms with Gasteiger partial charge in [0.05, 0.1) is 0 Å². The quantitative estimate of drug-likeness (QED) is 0.823. The Morgan fingerprint density at radius 2 is 1.45 bits per heavy atom. The fourth-order valence-electron chi connectivity index (χ4n) is 2.20. The summed E-state index contributed by atoms with van der Waals surface area (Å²) in [6.45, 7) is 8.01. The molecule has 2 rings (SSSR count). The van der Waals surface area contributed by atoms with Crippen LogP contribution in [0.5, 0.6) is 0 Å². The highest BCUT2D eigenvalue weighted by atomic mass is 16.2. The lowest BCUT2D eigenvalue weighted by Crippen LogP contribution is -2.20. The van der Waals surface area contributed by atoms with E-state index in [0.29, 0.717) is 0 Å². The third-order valence-corrected chi connectivity index (χ3v) is 3.12. The predicted molar refractivity (Wildman–Crippen MR) is 84.5 cm³/mol. The normalized spacial score (nSPS) is 10.2. The molecule has 104 valence electrons. The van der Waals surface area contributed by atoms with Crippen LogP contribution in [-0.2, 0) is 0 Å². The average Bonchev–Trinajstić information content (AvgIpc) is 2.32. The first-order valence-corrected chi connectivity index (χ1v) is 6.67. The van der Waals surface area contributed by atoms with E-state index in [1.54, 1.807) is 0 Å². The second-order valence-corrected chi connectivity index (χ2v) is 5.27. The van der Waals surface area contributed by atoms with Crippen LogP contribution in [0.1, 0.15) is 22.3 Å². The molecule has 0 fully saturated rings. The molecule has 0 heterocycles. The highest BCUT2D eigenvalue weighted by molar-refractivity contribution is 6.00. The van der Waals surface area contributed by atoms with E-state index in [-0.39, 0.29) is 6.03 Å².